The van der Waals surface area contributed by atoms with Gasteiger partial charge in [-0.25, -0.2) is 4.98 Å². The largest absolute Gasteiger partial charge is 0.385 e. The van der Waals surface area contributed by atoms with E-state index in [1.54, 1.807) is 18.4 Å². The number of anilines is 1. The number of aryl methyl sites for hydroxylation is 1. The molecule has 1 N–H and O–H groups in total. The number of hydrogen-bond acceptors (Lipinski definition) is 4. The van der Waals surface area contributed by atoms with Crippen LogP contribution in [0.2, 0.25) is 0 Å². The summed E-state index contributed by atoms with van der Waals surface area (Å²) in [5.74, 6) is 0. The molecule has 4 heteroatoms. The van der Waals surface area contributed by atoms with Gasteiger partial charge in [-0.1, -0.05) is 17.4 Å². The number of nitrogens with one attached hydrogen (secondary N) is 1. The van der Waals surface area contributed by atoms with Crippen LogP contribution in [0.25, 0.3) is 10.2 Å². The predicted molar refractivity (Wildman–Crippen MR) is 73.9 cm³/mol. The van der Waals surface area contributed by atoms with Gasteiger partial charge in [-0.2, -0.15) is 0 Å². The van der Waals surface area contributed by atoms with E-state index in [1.165, 1.54) is 10.3 Å². The first-order chi connectivity index (χ1) is 8.19. The number of rotatable bonds is 5. The van der Waals surface area contributed by atoms with Crippen LogP contribution in [-0.2, 0) is 4.74 Å². The summed E-state index contributed by atoms with van der Waals surface area (Å²) in [5.41, 5.74) is 2.35. The number of aromatic nitrogens is 1. The molecule has 1 atom stereocenters. The van der Waals surface area contributed by atoms with Gasteiger partial charge in [-0.05, 0) is 38.0 Å². The molecule has 92 valence electrons. The molecule has 0 amide bonds. The van der Waals surface area contributed by atoms with Crippen molar-refractivity contribution in [2.24, 2.45) is 0 Å². The van der Waals surface area contributed by atoms with Crippen molar-refractivity contribution in [2.45, 2.75) is 26.3 Å². The number of methoxy groups -OCH3 is 1. The molecule has 17 heavy (non-hydrogen) atoms. The first kappa shape index (κ1) is 12.3. The van der Waals surface area contributed by atoms with Crippen LogP contribution in [0.4, 0.5) is 5.13 Å². The molecular formula is C13H18N2OS. The Labute approximate surface area is 106 Å². The molecule has 0 aliphatic rings. The normalized spacial score (nSPS) is 12.9. The van der Waals surface area contributed by atoms with Crippen LogP contribution < -0.4 is 5.32 Å². The first-order valence-electron chi connectivity index (χ1n) is 5.81. The molecule has 0 spiro atoms. The van der Waals surface area contributed by atoms with Gasteiger partial charge in [0.15, 0.2) is 5.13 Å². The summed E-state index contributed by atoms with van der Waals surface area (Å²) in [6, 6.07) is 6.74. The lowest BCUT2D eigenvalue weighted by molar-refractivity contribution is 0.191. The number of benzene rings is 1. The van der Waals surface area contributed by atoms with E-state index < -0.39 is 0 Å². The van der Waals surface area contributed by atoms with Crippen LogP contribution >= 0.6 is 11.3 Å². The molecule has 0 fully saturated rings. The molecule has 1 heterocycles. The van der Waals surface area contributed by atoms with Crippen molar-refractivity contribution in [3.63, 3.8) is 0 Å². The molecule has 0 radical (unpaired) electrons. The average molecular weight is 250 g/mol. The van der Waals surface area contributed by atoms with Crippen LogP contribution in [0.15, 0.2) is 18.2 Å². The lowest BCUT2D eigenvalue weighted by Crippen LogP contribution is -2.16. The smallest absolute Gasteiger partial charge is 0.184 e. The second-order valence-corrected chi connectivity index (χ2v) is 5.35. The number of ether oxygens (including phenoxy) is 1. The van der Waals surface area contributed by atoms with E-state index in [1.807, 2.05) is 0 Å². The molecule has 0 aliphatic heterocycles. The number of hydrogen-bond donors (Lipinski definition) is 1. The topological polar surface area (TPSA) is 34.1 Å². The fourth-order valence-electron chi connectivity index (χ4n) is 1.67. The summed E-state index contributed by atoms with van der Waals surface area (Å²) in [4.78, 5) is 4.57. The minimum absolute atomic E-state index is 0.386. The highest BCUT2D eigenvalue weighted by molar-refractivity contribution is 7.22. The van der Waals surface area contributed by atoms with Crippen LogP contribution in [-0.4, -0.2) is 24.7 Å². The van der Waals surface area contributed by atoms with Gasteiger partial charge in [0.2, 0.25) is 0 Å². The molecule has 2 aromatic rings. The zero-order valence-electron chi connectivity index (χ0n) is 10.5. The van der Waals surface area contributed by atoms with E-state index in [9.17, 15) is 0 Å². The zero-order valence-corrected chi connectivity index (χ0v) is 11.3. The highest BCUT2D eigenvalue weighted by Crippen LogP contribution is 2.27. The molecule has 0 aliphatic carbocycles. The van der Waals surface area contributed by atoms with Crippen LogP contribution in [0.3, 0.4) is 0 Å². The molecule has 1 unspecified atom stereocenters. The van der Waals surface area contributed by atoms with Crippen molar-refractivity contribution in [3.8, 4) is 0 Å². The third-order valence-corrected chi connectivity index (χ3v) is 3.62. The molecule has 2 rings (SSSR count). The van der Waals surface area contributed by atoms with Crippen LogP contribution in [0.1, 0.15) is 18.9 Å². The molecule has 0 saturated heterocycles. The van der Waals surface area contributed by atoms with E-state index >= 15 is 0 Å². The Morgan fingerprint density at radius 3 is 3.06 bits per heavy atom. The Hall–Kier alpha value is -1.13. The number of fused-ring (bicyclic) bond motifs is 1. The third kappa shape index (κ3) is 3.17. The van der Waals surface area contributed by atoms with E-state index in [2.05, 4.69) is 42.3 Å². The lowest BCUT2D eigenvalue weighted by atomic mass is 10.2. The van der Waals surface area contributed by atoms with E-state index in [-0.39, 0.29) is 0 Å². The maximum Gasteiger partial charge on any atom is 0.184 e. The zero-order chi connectivity index (χ0) is 12.3. The summed E-state index contributed by atoms with van der Waals surface area (Å²) in [7, 11) is 1.73. The van der Waals surface area contributed by atoms with Gasteiger partial charge < -0.3 is 10.1 Å². The Kier molecular flexibility index (Phi) is 3.97. The number of nitrogens with zero attached hydrogens (tertiary/aromatic N) is 1. The Bertz CT molecular complexity index is 495. The summed E-state index contributed by atoms with van der Waals surface area (Å²) in [5, 5.41) is 4.41. The van der Waals surface area contributed by atoms with Crippen molar-refractivity contribution < 1.29 is 4.74 Å². The van der Waals surface area contributed by atoms with Gasteiger partial charge >= 0.3 is 0 Å². The Balaban J connectivity index is 2.08. The van der Waals surface area contributed by atoms with Crippen molar-refractivity contribution >= 4 is 26.7 Å². The standard InChI is InChI=1S/C13H18N2OS/c1-9-4-5-11-12(8-9)17-13(15-11)14-10(2)6-7-16-3/h4-5,8,10H,6-7H2,1-3H3,(H,14,15). The highest BCUT2D eigenvalue weighted by Gasteiger charge is 2.07. The quantitative estimate of drug-likeness (QED) is 0.882. The molecule has 0 saturated carbocycles. The maximum absolute atomic E-state index is 5.07. The summed E-state index contributed by atoms with van der Waals surface area (Å²) in [6.07, 6.45) is 0.992. The minimum atomic E-state index is 0.386. The van der Waals surface area contributed by atoms with Gasteiger partial charge in [0, 0.05) is 19.8 Å². The molecule has 1 aromatic heterocycles. The SMILES string of the molecule is COCCC(C)Nc1nc2ccc(C)cc2s1. The van der Waals surface area contributed by atoms with E-state index in [4.69, 9.17) is 4.74 Å². The summed E-state index contributed by atoms with van der Waals surface area (Å²) >= 11 is 1.71. The van der Waals surface area contributed by atoms with Crippen LogP contribution in [0, 0.1) is 6.92 Å². The van der Waals surface area contributed by atoms with Gasteiger partial charge in [0.1, 0.15) is 0 Å². The van der Waals surface area contributed by atoms with Crippen LogP contribution in [0.5, 0.6) is 0 Å². The van der Waals surface area contributed by atoms with Gasteiger partial charge in [-0.15, -0.1) is 0 Å². The van der Waals surface area contributed by atoms with Crippen molar-refractivity contribution in [1.82, 2.24) is 4.98 Å². The molecule has 1 aromatic carbocycles. The van der Waals surface area contributed by atoms with Crippen molar-refractivity contribution in [2.75, 3.05) is 19.0 Å². The summed E-state index contributed by atoms with van der Waals surface area (Å²) < 4.78 is 6.31. The van der Waals surface area contributed by atoms with Gasteiger partial charge in [0.05, 0.1) is 10.2 Å². The second kappa shape index (κ2) is 5.47. The maximum atomic E-state index is 5.07. The van der Waals surface area contributed by atoms with Crippen molar-refractivity contribution in [1.29, 1.82) is 0 Å². The van der Waals surface area contributed by atoms with Crippen molar-refractivity contribution in [3.05, 3.63) is 23.8 Å². The fourth-order valence-corrected chi connectivity index (χ4v) is 2.75. The second-order valence-electron chi connectivity index (χ2n) is 4.32. The Morgan fingerprint density at radius 2 is 2.29 bits per heavy atom. The molecular weight excluding hydrogens is 232 g/mol. The summed E-state index contributed by atoms with van der Waals surface area (Å²) in [6.45, 7) is 5.03. The molecule has 3 nitrogen and oxygen atoms in total. The first-order valence-corrected chi connectivity index (χ1v) is 6.63. The predicted octanol–water partition coefficient (Wildman–Crippen LogP) is 3.44. The Morgan fingerprint density at radius 1 is 1.47 bits per heavy atom. The lowest BCUT2D eigenvalue weighted by Gasteiger charge is -2.11. The minimum Gasteiger partial charge on any atom is -0.385 e. The molecule has 0 bridgehead atoms. The monoisotopic (exact) mass is 250 g/mol. The van der Waals surface area contributed by atoms with Gasteiger partial charge in [0.25, 0.3) is 0 Å². The third-order valence-electron chi connectivity index (χ3n) is 2.67. The van der Waals surface area contributed by atoms with Gasteiger partial charge in [-0.3, -0.25) is 0 Å². The number of thiazole rings is 1. The van der Waals surface area contributed by atoms with E-state index in [0.29, 0.717) is 6.04 Å². The van der Waals surface area contributed by atoms with E-state index in [0.717, 1.165) is 23.7 Å². The fraction of sp³-hybridized carbons (Fsp3) is 0.462. The average Bonchev–Trinajstić information content (AvgIpc) is 2.67. The highest BCUT2D eigenvalue weighted by atomic mass is 32.1.